The molecule has 0 radical (unpaired) electrons. The molecule has 0 bridgehead atoms. The van der Waals surface area contributed by atoms with Crippen LogP contribution >= 0.6 is 23.2 Å². The van der Waals surface area contributed by atoms with Crippen molar-refractivity contribution in [3.8, 4) is 11.3 Å². The first kappa shape index (κ1) is 21.1. The van der Waals surface area contributed by atoms with E-state index in [1.165, 1.54) is 6.33 Å². The third-order valence-corrected chi connectivity index (χ3v) is 5.19. The smallest absolute Gasteiger partial charge is 0.220 e. The average molecular weight is 456 g/mol. The number of aromatic nitrogens is 4. The van der Waals surface area contributed by atoms with Gasteiger partial charge in [-0.1, -0.05) is 47.5 Å². The van der Waals surface area contributed by atoms with Crippen molar-refractivity contribution in [2.75, 3.05) is 0 Å². The molecule has 7 nitrogen and oxygen atoms in total. The normalized spacial score (nSPS) is 10.9. The molecule has 0 aliphatic heterocycles. The minimum Gasteiger partial charge on any atom is -0.441 e. The van der Waals surface area contributed by atoms with Gasteiger partial charge in [-0.3, -0.25) is 4.79 Å². The fraction of sp³-hybridized carbons (Fsp3) is 0.182. The van der Waals surface area contributed by atoms with Crippen molar-refractivity contribution in [3.63, 3.8) is 0 Å². The Kier molecular flexibility index (Phi) is 6.64. The van der Waals surface area contributed by atoms with Crippen LogP contribution in [-0.2, 0) is 24.3 Å². The molecule has 0 spiro atoms. The molecule has 2 aromatic heterocycles. The van der Waals surface area contributed by atoms with Crippen molar-refractivity contribution in [1.82, 2.24) is 25.1 Å². The van der Waals surface area contributed by atoms with E-state index in [4.69, 9.17) is 27.6 Å². The number of nitrogens with zero attached hydrogens (tertiary/aromatic N) is 4. The molecule has 0 saturated heterocycles. The number of oxazole rings is 1. The lowest BCUT2D eigenvalue weighted by Crippen LogP contribution is -2.23. The minimum absolute atomic E-state index is 0.0732. The molecular weight excluding hydrogens is 437 g/mol. The summed E-state index contributed by atoms with van der Waals surface area (Å²) in [5, 5.41) is 8.04. The van der Waals surface area contributed by atoms with E-state index in [9.17, 15) is 4.79 Å². The second kappa shape index (κ2) is 9.76. The van der Waals surface area contributed by atoms with E-state index in [1.807, 2.05) is 24.3 Å². The Bertz CT molecular complexity index is 1160. The quantitative estimate of drug-likeness (QED) is 0.421. The van der Waals surface area contributed by atoms with Crippen molar-refractivity contribution >= 4 is 29.1 Å². The summed E-state index contributed by atoms with van der Waals surface area (Å²) < 4.78 is 7.49. The molecule has 2 heterocycles. The zero-order valence-corrected chi connectivity index (χ0v) is 18.0. The largest absolute Gasteiger partial charge is 0.441 e. The summed E-state index contributed by atoms with van der Waals surface area (Å²) >= 11 is 12.1. The van der Waals surface area contributed by atoms with Crippen LogP contribution in [0.5, 0.6) is 0 Å². The molecule has 1 N–H and O–H groups in total. The van der Waals surface area contributed by atoms with E-state index < -0.39 is 0 Å². The molecule has 1 amide bonds. The van der Waals surface area contributed by atoms with Crippen LogP contribution < -0.4 is 5.32 Å². The van der Waals surface area contributed by atoms with E-state index in [0.29, 0.717) is 46.8 Å². The fourth-order valence-electron chi connectivity index (χ4n) is 3.01. The number of carbonyl (C=O) groups excluding carboxylic acids is 1. The highest BCUT2D eigenvalue weighted by Gasteiger charge is 2.12. The first-order valence-corrected chi connectivity index (χ1v) is 10.4. The van der Waals surface area contributed by atoms with Crippen LogP contribution in [0.4, 0.5) is 0 Å². The van der Waals surface area contributed by atoms with Crippen LogP contribution in [-0.4, -0.2) is 25.7 Å². The molecule has 0 atom stereocenters. The van der Waals surface area contributed by atoms with Crippen molar-refractivity contribution in [3.05, 3.63) is 88.4 Å². The zero-order valence-electron chi connectivity index (χ0n) is 16.5. The number of halogens is 2. The number of nitrogens with one attached hydrogen (secondary N) is 1. The molecular formula is C22H19Cl2N5O2. The summed E-state index contributed by atoms with van der Waals surface area (Å²) in [5.41, 5.74) is 2.84. The summed E-state index contributed by atoms with van der Waals surface area (Å²) in [6, 6.07) is 13.2. The lowest BCUT2D eigenvalue weighted by molar-refractivity contribution is -0.121. The molecule has 0 fully saturated rings. The Labute approximate surface area is 189 Å². The lowest BCUT2D eigenvalue weighted by atomic mass is 10.1. The number of amides is 1. The van der Waals surface area contributed by atoms with Crippen molar-refractivity contribution in [2.45, 2.75) is 25.9 Å². The third kappa shape index (κ3) is 5.71. The summed E-state index contributed by atoms with van der Waals surface area (Å²) in [4.78, 5) is 20.4. The number of hydrogen-bond acceptors (Lipinski definition) is 5. The summed E-state index contributed by atoms with van der Waals surface area (Å²) in [7, 11) is 0. The summed E-state index contributed by atoms with van der Waals surface area (Å²) in [5.74, 6) is 0.952. The van der Waals surface area contributed by atoms with Crippen LogP contribution in [0, 0.1) is 0 Å². The highest BCUT2D eigenvalue weighted by Crippen LogP contribution is 2.30. The Morgan fingerprint density at radius 2 is 1.90 bits per heavy atom. The molecule has 31 heavy (non-hydrogen) atoms. The number of aryl methyl sites for hydroxylation is 1. The maximum absolute atomic E-state index is 12.2. The zero-order chi connectivity index (χ0) is 21.6. The van der Waals surface area contributed by atoms with Crippen LogP contribution in [0.1, 0.15) is 23.4 Å². The lowest BCUT2D eigenvalue weighted by Gasteiger charge is -2.06. The maximum Gasteiger partial charge on any atom is 0.220 e. The van der Waals surface area contributed by atoms with E-state index in [1.54, 1.807) is 35.4 Å². The van der Waals surface area contributed by atoms with Gasteiger partial charge >= 0.3 is 0 Å². The van der Waals surface area contributed by atoms with E-state index in [2.05, 4.69) is 20.4 Å². The molecule has 0 aliphatic carbocycles. The van der Waals surface area contributed by atoms with Gasteiger partial charge in [-0.15, -0.1) is 0 Å². The van der Waals surface area contributed by atoms with Gasteiger partial charge in [-0.2, -0.15) is 5.10 Å². The predicted octanol–water partition coefficient (Wildman–Crippen LogP) is 4.54. The number of carbonyl (C=O) groups is 1. The second-order valence-electron chi connectivity index (χ2n) is 6.93. The van der Waals surface area contributed by atoms with E-state index >= 15 is 0 Å². The van der Waals surface area contributed by atoms with Gasteiger partial charge in [0.1, 0.15) is 12.7 Å². The molecule has 4 rings (SSSR count). The van der Waals surface area contributed by atoms with Gasteiger partial charge in [0.2, 0.25) is 5.91 Å². The van der Waals surface area contributed by atoms with Gasteiger partial charge in [0.15, 0.2) is 11.7 Å². The highest BCUT2D eigenvalue weighted by molar-refractivity contribution is 6.36. The molecule has 2 aromatic carbocycles. The SMILES string of the molecule is O=C(CCc1ncc(-c2ccc(Cl)cc2Cl)o1)NCc1ccc(Cn2cncn2)cc1. The Hall–Kier alpha value is -3.16. The molecule has 4 aromatic rings. The summed E-state index contributed by atoms with van der Waals surface area (Å²) in [6.07, 6.45) is 5.46. The Morgan fingerprint density at radius 3 is 2.65 bits per heavy atom. The number of benzene rings is 2. The molecule has 0 unspecified atom stereocenters. The number of rotatable bonds is 8. The molecule has 9 heteroatoms. The first-order valence-electron chi connectivity index (χ1n) is 9.64. The van der Waals surface area contributed by atoms with Gasteiger partial charge in [0.25, 0.3) is 0 Å². The van der Waals surface area contributed by atoms with Crippen molar-refractivity contribution in [1.29, 1.82) is 0 Å². The first-order chi connectivity index (χ1) is 15.1. The predicted molar refractivity (Wildman–Crippen MR) is 118 cm³/mol. The monoisotopic (exact) mass is 455 g/mol. The Morgan fingerprint density at radius 1 is 1.10 bits per heavy atom. The molecule has 158 valence electrons. The molecule has 0 aliphatic rings. The van der Waals surface area contributed by atoms with Crippen LogP contribution in [0.2, 0.25) is 10.0 Å². The maximum atomic E-state index is 12.2. The topological polar surface area (TPSA) is 85.8 Å². The van der Waals surface area contributed by atoms with Crippen LogP contribution in [0.25, 0.3) is 11.3 Å². The van der Waals surface area contributed by atoms with Crippen molar-refractivity contribution in [2.24, 2.45) is 0 Å². The van der Waals surface area contributed by atoms with Gasteiger partial charge < -0.3 is 9.73 Å². The van der Waals surface area contributed by atoms with Gasteiger partial charge in [-0.25, -0.2) is 14.6 Å². The minimum atomic E-state index is -0.0732. The van der Waals surface area contributed by atoms with E-state index in [-0.39, 0.29) is 12.3 Å². The molecule has 0 saturated carbocycles. The highest BCUT2D eigenvalue weighted by atomic mass is 35.5. The Balaban J connectivity index is 1.25. The second-order valence-corrected chi connectivity index (χ2v) is 7.77. The van der Waals surface area contributed by atoms with E-state index in [0.717, 1.165) is 11.1 Å². The van der Waals surface area contributed by atoms with Crippen LogP contribution in [0.15, 0.2) is 65.7 Å². The summed E-state index contributed by atoms with van der Waals surface area (Å²) in [6.45, 7) is 1.12. The standard InChI is InChI=1S/C22H19Cl2N5O2/c23-17-5-6-18(19(24)9-17)20-11-27-22(31-20)8-7-21(30)26-10-15-1-3-16(4-2-15)12-29-14-25-13-28-29/h1-6,9,11,13-14H,7-8,10,12H2,(H,26,30). The van der Waals surface area contributed by atoms with Gasteiger partial charge in [-0.05, 0) is 29.3 Å². The average Bonchev–Trinajstić information content (AvgIpc) is 3.44. The van der Waals surface area contributed by atoms with Crippen LogP contribution in [0.3, 0.4) is 0 Å². The fourth-order valence-corrected chi connectivity index (χ4v) is 3.51. The third-order valence-electron chi connectivity index (χ3n) is 4.64. The van der Waals surface area contributed by atoms with Crippen molar-refractivity contribution < 1.29 is 9.21 Å². The van der Waals surface area contributed by atoms with Gasteiger partial charge in [0.05, 0.1) is 17.8 Å². The van der Waals surface area contributed by atoms with Gasteiger partial charge in [0, 0.05) is 30.0 Å². The number of hydrogen-bond donors (Lipinski definition) is 1.